The molecule has 3 N–H and O–H groups in total. The third-order valence-electron chi connectivity index (χ3n) is 4.05. The van der Waals surface area contributed by atoms with Gasteiger partial charge in [0.05, 0.1) is 0 Å². The van der Waals surface area contributed by atoms with Crippen LogP contribution in [0.15, 0.2) is 23.1 Å². The van der Waals surface area contributed by atoms with Crippen molar-refractivity contribution >= 4 is 17.7 Å². The number of carbonyl (C=O) groups is 1. The van der Waals surface area contributed by atoms with Gasteiger partial charge in [0, 0.05) is 16.7 Å². The minimum Gasteiger partial charge on any atom is -0.368 e. The minimum absolute atomic E-state index is 0.212. The molecule has 0 aliphatic heterocycles. The van der Waals surface area contributed by atoms with Gasteiger partial charge in [-0.15, -0.1) is 11.8 Å². The Kier molecular flexibility index (Phi) is 4.99. The summed E-state index contributed by atoms with van der Waals surface area (Å²) >= 11 is 1.74. The van der Waals surface area contributed by atoms with E-state index in [1.54, 1.807) is 11.8 Å². The molecule has 21 heavy (non-hydrogen) atoms. The van der Waals surface area contributed by atoms with Crippen molar-refractivity contribution in [2.75, 3.05) is 5.75 Å². The van der Waals surface area contributed by atoms with Gasteiger partial charge in [0.2, 0.25) is 5.91 Å². The number of primary amides is 1. The fourth-order valence-corrected chi connectivity index (χ4v) is 4.16. The number of carbonyl (C=O) groups excluding carboxylic acids is 1. The highest BCUT2D eigenvalue weighted by Gasteiger charge is 2.49. The first-order valence-corrected chi connectivity index (χ1v) is 8.61. The molecule has 4 heteroatoms. The summed E-state index contributed by atoms with van der Waals surface area (Å²) < 4.78 is 0. The highest BCUT2D eigenvalue weighted by Crippen LogP contribution is 2.43. The van der Waals surface area contributed by atoms with Gasteiger partial charge >= 0.3 is 0 Å². The van der Waals surface area contributed by atoms with E-state index in [0.29, 0.717) is 11.7 Å². The van der Waals surface area contributed by atoms with Crippen LogP contribution in [0.2, 0.25) is 0 Å². The average molecular weight is 306 g/mol. The fourth-order valence-electron chi connectivity index (χ4n) is 2.86. The standard InChI is InChI=1S/C17H26N2OS/c1-11(2)19-17(16(18)20,14-6-7-14)10-21-15-8-5-12(3)9-13(15)4/h5,8-9,11,14,19H,6-7,10H2,1-4H3,(H2,18,20). The maximum absolute atomic E-state index is 12.1. The molecule has 1 aliphatic rings. The summed E-state index contributed by atoms with van der Waals surface area (Å²) in [6, 6.07) is 6.69. The van der Waals surface area contributed by atoms with E-state index < -0.39 is 5.54 Å². The van der Waals surface area contributed by atoms with Crippen LogP contribution in [0.5, 0.6) is 0 Å². The monoisotopic (exact) mass is 306 g/mol. The molecule has 2 rings (SSSR count). The Morgan fingerprint density at radius 1 is 1.43 bits per heavy atom. The maximum atomic E-state index is 12.1. The minimum atomic E-state index is -0.573. The van der Waals surface area contributed by atoms with Crippen molar-refractivity contribution in [3.05, 3.63) is 29.3 Å². The molecule has 3 nitrogen and oxygen atoms in total. The Labute approximate surface area is 132 Å². The van der Waals surface area contributed by atoms with Gasteiger partial charge in [-0.05, 0) is 58.1 Å². The van der Waals surface area contributed by atoms with Crippen LogP contribution in [-0.4, -0.2) is 23.2 Å². The van der Waals surface area contributed by atoms with Crippen LogP contribution in [0.25, 0.3) is 0 Å². The zero-order valence-corrected chi connectivity index (χ0v) is 14.2. The van der Waals surface area contributed by atoms with Crippen molar-refractivity contribution < 1.29 is 4.79 Å². The topological polar surface area (TPSA) is 55.1 Å². The van der Waals surface area contributed by atoms with Crippen molar-refractivity contribution in [2.45, 2.75) is 57.0 Å². The molecule has 0 radical (unpaired) electrons. The lowest BCUT2D eigenvalue weighted by atomic mass is 9.93. The third kappa shape index (κ3) is 3.80. The van der Waals surface area contributed by atoms with Crippen LogP contribution in [0.1, 0.15) is 37.8 Å². The Balaban J connectivity index is 2.17. The molecule has 1 atom stereocenters. The van der Waals surface area contributed by atoms with Crippen molar-refractivity contribution in [2.24, 2.45) is 11.7 Å². The number of benzene rings is 1. The summed E-state index contributed by atoms with van der Waals surface area (Å²) in [4.78, 5) is 13.4. The van der Waals surface area contributed by atoms with E-state index in [-0.39, 0.29) is 11.9 Å². The quantitative estimate of drug-likeness (QED) is 0.761. The Morgan fingerprint density at radius 3 is 2.57 bits per heavy atom. The Bertz CT molecular complexity index is 526. The second-order valence-electron chi connectivity index (χ2n) is 6.47. The number of aryl methyl sites for hydroxylation is 2. The molecule has 1 aromatic carbocycles. The lowest BCUT2D eigenvalue weighted by Crippen LogP contribution is -2.61. The lowest BCUT2D eigenvalue weighted by molar-refractivity contribution is -0.124. The van der Waals surface area contributed by atoms with Crippen LogP contribution in [0, 0.1) is 19.8 Å². The average Bonchev–Trinajstić information content (AvgIpc) is 3.19. The van der Waals surface area contributed by atoms with Gasteiger partial charge in [-0.25, -0.2) is 0 Å². The van der Waals surface area contributed by atoms with Gasteiger partial charge < -0.3 is 11.1 Å². The summed E-state index contributed by atoms with van der Waals surface area (Å²) in [7, 11) is 0. The van der Waals surface area contributed by atoms with Gasteiger partial charge in [0.25, 0.3) is 0 Å². The predicted molar refractivity (Wildman–Crippen MR) is 89.6 cm³/mol. The van der Waals surface area contributed by atoms with E-state index in [4.69, 9.17) is 5.73 Å². The summed E-state index contributed by atoms with van der Waals surface area (Å²) in [6.45, 7) is 8.36. The smallest absolute Gasteiger partial charge is 0.238 e. The number of rotatable bonds is 7. The molecule has 1 amide bonds. The van der Waals surface area contributed by atoms with Gasteiger partial charge in [-0.3, -0.25) is 4.79 Å². The second-order valence-corrected chi connectivity index (χ2v) is 7.48. The van der Waals surface area contributed by atoms with E-state index in [2.05, 4.69) is 51.2 Å². The zero-order valence-electron chi connectivity index (χ0n) is 13.4. The molecular formula is C17H26N2OS. The van der Waals surface area contributed by atoms with E-state index in [1.807, 2.05) is 0 Å². The highest BCUT2D eigenvalue weighted by atomic mass is 32.2. The van der Waals surface area contributed by atoms with Gasteiger partial charge in [-0.1, -0.05) is 17.7 Å². The first kappa shape index (κ1) is 16.4. The molecule has 0 aromatic heterocycles. The van der Waals surface area contributed by atoms with Crippen molar-refractivity contribution in [1.29, 1.82) is 0 Å². The summed E-state index contributed by atoms with van der Waals surface area (Å²) in [6.07, 6.45) is 2.19. The lowest BCUT2D eigenvalue weighted by Gasteiger charge is -2.34. The largest absolute Gasteiger partial charge is 0.368 e. The van der Waals surface area contributed by atoms with Gasteiger partial charge in [0.15, 0.2) is 0 Å². The molecule has 0 heterocycles. The number of hydrogen-bond acceptors (Lipinski definition) is 3. The molecule has 1 aliphatic carbocycles. The van der Waals surface area contributed by atoms with E-state index in [9.17, 15) is 4.79 Å². The molecule has 1 saturated carbocycles. The summed E-state index contributed by atoms with van der Waals surface area (Å²) in [5.41, 5.74) is 7.73. The molecule has 1 unspecified atom stereocenters. The zero-order chi connectivity index (χ0) is 15.6. The molecule has 0 spiro atoms. The molecule has 116 valence electrons. The first-order valence-electron chi connectivity index (χ1n) is 7.63. The first-order chi connectivity index (χ1) is 9.85. The van der Waals surface area contributed by atoms with Crippen LogP contribution in [-0.2, 0) is 4.79 Å². The fraction of sp³-hybridized carbons (Fsp3) is 0.588. The molecular weight excluding hydrogens is 280 g/mol. The van der Waals surface area contributed by atoms with E-state index in [1.165, 1.54) is 16.0 Å². The van der Waals surface area contributed by atoms with Crippen molar-refractivity contribution in [3.63, 3.8) is 0 Å². The third-order valence-corrected chi connectivity index (χ3v) is 5.41. The SMILES string of the molecule is Cc1ccc(SCC(NC(C)C)(C(N)=O)C2CC2)c(C)c1. The Morgan fingerprint density at radius 2 is 2.10 bits per heavy atom. The molecule has 1 fully saturated rings. The Hall–Kier alpha value is -1.00. The molecule has 0 bridgehead atoms. The number of thioether (sulfide) groups is 1. The van der Waals surface area contributed by atoms with Crippen molar-refractivity contribution in [1.82, 2.24) is 5.32 Å². The number of amides is 1. The maximum Gasteiger partial charge on any atom is 0.238 e. The van der Waals surface area contributed by atoms with Crippen LogP contribution in [0.3, 0.4) is 0 Å². The second kappa shape index (κ2) is 6.41. The van der Waals surface area contributed by atoms with Crippen LogP contribution < -0.4 is 11.1 Å². The predicted octanol–water partition coefficient (Wildman–Crippen LogP) is 3.03. The number of nitrogens with two attached hydrogens (primary N) is 1. The normalized spacial score (nSPS) is 17.8. The summed E-state index contributed by atoms with van der Waals surface area (Å²) in [5.74, 6) is 0.876. The highest BCUT2D eigenvalue weighted by molar-refractivity contribution is 7.99. The molecule has 1 aromatic rings. The van der Waals surface area contributed by atoms with E-state index >= 15 is 0 Å². The van der Waals surface area contributed by atoms with Crippen LogP contribution in [0.4, 0.5) is 0 Å². The van der Waals surface area contributed by atoms with Crippen LogP contribution >= 0.6 is 11.8 Å². The van der Waals surface area contributed by atoms with Gasteiger partial charge in [0.1, 0.15) is 5.54 Å². The number of nitrogens with one attached hydrogen (secondary N) is 1. The van der Waals surface area contributed by atoms with Gasteiger partial charge in [-0.2, -0.15) is 0 Å². The number of hydrogen-bond donors (Lipinski definition) is 2. The summed E-state index contributed by atoms with van der Waals surface area (Å²) in [5, 5.41) is 3.46. The molecule has 0 saturated heterocycles. The van der Waals surface area contributed by atoms with Crippen molar-refractivity contribution in [3.8, 4) is 0 Å². The van der Waals surface area contributed by atoms with E-state index in [0.717, 1.165) is 12.8 Å².